The maximum atomic E-state index is 5.38. The van der Waals surface area contributed by atoms with E-state index in [9.17, 15) is 0 Å². The number of hydrogen-bond acceptors (Lipinski definition) is 2. The third kappa shape index (κ3) is 2.92. The highest BCUT2D eigenvalue weighted by Crippen LogP contribution is 2.09. The molecular formula is C11H16N2. The summed E-state index contributed by atoms with van der Waals surface area (Å²) in [7, 11) is 0. The van der Waals surface area contributed by atoms with Gasteiger partial charge in [-0.25, -0.2) is 0 Å². The number of nitrogens with one attached hydrogen (secondary N) is 1. The van der Waals surface area contributed by atoms with Crippen molar-refractivity contribution in [2.24, 2.45) is 5.73 Å². The highest BCUT2D eigenvalue weighted by Gasteiger charge is 1.95. The van der Waals surface area contributed by atoms with Gasteiger partial charge in [0.25, 0.3) is 0 Å². The molecule has 0 fully saturated rings. The van der Waals surface area contributed by atoms with E-state index in [0.29, 0.717) is 6.54 Å². The smallest absolute Gasteiger partial charge is 0.0341 e. The van der Waals surface area contributed by atoms with E-state index in [1.165, 1.54) is 5.56 Å². The first-order chi connectivity index (χ1) is 6.24. The van der Waals surface area contributed by atoms with Gasteiger partial charge in [-0.15, -0.1) is 0 Å². The number of benzene rings is 1. The first-order valence-electron chi connectivity index (χ1n) is 4.44. The van der Waals surface area contributed by atoms with Crippen molar-refractivity contribution in [3.8, 4) is 0 Å². The van der Waals surface area contributed by atoms with Crippen LogP contribution in [0.25, 0.3) is 5.70 Å². The van der Waals surface area contributed by atoms with Crippen LogP contribution in [0.2, 0.25) is 0 Å². The molecular weight excluding hydrogens is 160 g/mol. The second-order valence-electron chi connectivity index (χ2n) is 3.06. The van der Waals surface area contributed by atoms with Crippen LogP contribution in [0, 0.1) is 6.92 Å². The lowest BCUT2D eigenvalue weighted by Crippen LogP contribution is -2.20. The topological polar surface area (TPSA) is 38.0 Å². The van der Waals surface area contributed by atoms with Gasteiger partial charge in [0, 0.05) is 18.8 Å². The van der Waals surface area contributed by atoms with E-state index in [2.05, 4.69) is 43.1 Å². The molecule has 0 spiro atoms. The maximum Gasteiger partial charge on any atom is 0.0341 e. The summed E-state index contributed by atoms with van der Waals surface area (Å²) in [6, 6.07) is 8.26. The molecule has 70 valence electrons. The minimum absolute atomic E-state index is 0.630. The first kappa shape index (κ1) is 9.81. The van der Waals surface area contributed by atoms with Crippen molar-refractivity contribution >= 4 is 5.70 Å². The summed E-state index contributed by atoms with van der Waals surface area (Å²) < 4.78 is 0. The molecule has 0 saturated carbocycles. The Balaban J connectivity index is 2.61. The summed E-state index contributed by atoms with van der Waals surface area (Å²) in [6.45, 7) is 7.40. The molecule has 0 amide bonds. The number of hydrogen-bond donors (Lipinski definition) is 2. The number of nitrogens with two attached hydrogens (primary N) is 1. The molecule has 2 heteroatoms. The lowest BCUT2D eigenvalue weighted by molar-refractivity contribution is 0.859. The molecule has 0 saturated heterocycles. The summed E-state index contributed by atoms with van der Waals surface area (Å²) in [4.78, 5) is 0. The normalized spacial score (nSPS) is 9.69. The van der Waals surface area contributed by atoms with E-state index < -0.39 is 0 Å². The van der Waals surface area contributed by atoms with E-state index >= 15 is 0 Å². The Morgan fingerprint density at radius 2 is 2.00 bits per heavy atom. The molecule has 1 aromatic rings. The quantitative estimate of drug-likeness (QED) is 0.730. The van der Waals surface area contributed by atoms with Gasteiger partial charge >= 0.3 is 0 Å². The predicted molar refractivity (Wildman–Crippen MR) is 57.3 cm³/mol. The van der Waals surface area contributed by atoms with Crippen LogP contribution in [0.3, 0.4) is 0 Å². The zero-order valence-electron chi connectivity index (χ0n) is 8.01. The molecule has 1 rings (SSSR count). The molecule has 0 atom stereocenters. The Kier molecular flexibility index (Phi) is 3.53. The van der Waals surface area contributed by atoms with Gasteiger partial charge in [0.1, 0.15) is 0 Å². The van der Waals surface area contributed by atoms with Gasteiger partial charge in [-0.1, -0.05) is 36.4 Å². The minimum Gasteiger partial charge on any atom is -0.384 e. The zero-order chi connectivity index (χ0) is 9.68. The van der Waals surface area contributed by atoms with Gasteiger partial charge in [-0.2, -0.15) is 0 Å². The summed E-state index contributed by atoms with van der Waals surface area (Å²) in [6.07, 6.45) is 0. The van der Waals surface area contributed by atoms with E-state index in [1.807, 2.05) is 0 Å². The van der Waals surface area contributed by atoms with Crippen LogP contribution in [0.4, 0.5) is 0 Å². The average Bonchev–Trinajstić information content (AvgIpc) is 2.15. The SMILES string of the molecule is C=C(NCCN)c1ccc(C)cc1. The molecule has 0 bridgehead atoms. The van der Waals surface area contributed by atoms with E-state index in [1.54, 1.807) is 0 Å². The lowest BCUT2D eigenvalue weighted by Gasteiger charge is -2.08. The fourth-order valence-electron chi connectivity index (χ4n) is 1.08. The Hall–Kier alpha value is -1.28. The van der Waals surface area contributed by atoms with Crippen LogP contribution >= 0.6 is 0 Å². The van der Waals surface area contributed by atoms with Crippen molar-refractivity contribution in [2.45, 2.75) is 6.92 Å². The first-order valence-corrected chi connectivity index (χ1v) is 4.44. The van der Waals surface area contributed by atoms with Gasteiger partial charge in [-0.3, -0.25) is 0 Å². The minimum atomic E-state index is 0.630. The van der Waals surface area contributed by atoms with Crippen LogP contribution in [0.5, 0.6) is 0 Å². The van der Waals surface area contributed by atoms with Crippen LogP contribution in [0.1, 0.15) is 11.1 Å². The summed E-state index contributed by atoms with van der Waals surface area (Å²) in [5.41, 5.74) is 8.69. The monoisotopic (exact) mass is 176 g/mol. The molecule has 0 aromatic heterocycles. The Morgan fingerprint density at radius 1 is 1.38 bits per heavy atom. The maximum absolute atomic E-state index is 5.38. The van der Waals surface area contributed by atoms with Crippen molar-refractivity contribution in [1.29, 1.82) is 0 Å². The molecule has 13 heavy (non-hydrogen) atoms. The molecule has 0 radical (unpaired) electrons. The second-order valence-corrected chi connectivity index (χ2v) is 3.06. The van der Waals surface area contributed by atoms with Crippen LogP contribution in [0.15, 0.2) is 30.8 Å². The summed E-state index contributed by atoms with van der Waals surface area (Å²) >= 11 is 0. The largest absolute Gasteiger partial charge is 0.384 e. The van der Waals surface area contributed by atoms with Crippen molar-refractivity contribution in [3.05, 3.63) is 42.0 Å². The molecule has 0 unspecified atom stereocenters. The Labute approximate surface area is 79.5 Å². The molecule has 0 heterocycles. The van der Waals surface area contributed by atoms with E-state index in [4.69, 9.17) is 5.73 Å². The fraction of sp³-hybridized carbons (Fsp3) is 0.273. The van der Waals surface area contributed by atoms with Gasteiger partial charge in [-0.05, 0) is 12.5 Å². The molecule has 2 nitrogen and oxygen atoms in total. The van der Waals surface area contributed by atoms with Gasteiger partial charge < -0.3 is 11.1 Å². The Morgan fingerprint density at radius 3 is 2.54 bits per heavy atom. The van der Waals surface area contributed by atoms with Crippen LogP contribution < -0.4 is 11.1 Å². The Bertz CT molecular complexity index is 275. The van der Waals surface area contributed by atoms with Crippen LogP contribution in [-0.4, -0.2) is 13.1 Å². The van der Waals surface area contributed by atoms with Gasteiger partial charge in [0.15, 0.2) is 0 Å². The third-order valence-electron chi connectivity index (χ3n) is 1.88. The van der Waals surface area contributed by atoms with E-state index in [-0.39, 0.29) is 0 Å². The molecule has 1 aromatic carbocycles. The van der Waals surface area contributed by atoms with Crippen molar-refractivity contribution in [1.82, 2.24) is 5.32 Å². The fourth-order valence-corrected chi connectivity index (χ4v) is 1.08. The molecule has 0 aliphatic heterocycles. The second kappa shape index (κ2) is 4.67. The summed E-state index contributed by atoms with van der Waals surface area (Å²) in [5.74, 6) is 0. The predicted octanol–water partition coefficient (Wildman–Crippen LogP) is 1.51. The standard InChI is InChI=1S/C11H16N2/c1-9-3-5-11(6-4-9)10(2)13-8-7-12/h3-6,13H,2,7-8,12H2,1H3. The highest BCUT2D eigenvalue weighted by atomic mass is 14.9. The number of aryl methyl sites for hydroxylation is 1. The average molecular weight is 176 g/mol. The van der Waals surface area contributed by atoms with E-state index in [0.717, 1.165) is 17.8 Å². The third-order valence-corrected chi connectivity index (χ3v) is 1.88. The van der Waals surface area contributed by atoms with Crippen molar-refractivity contribution < 1.29 is 0 Å². The van der Waals surface area contributed by atoms with Gasteiger partial charge in [0.05, 0.1) is 0 Å². The van der Waals surface area contributed by atoms with Crippen LogP contribution in [-0.2, 0) is 0 Å². The van der Waals surface area contributed by atoms with Gasteiger partial charge in [0.2, 0.25) is 0 Å². The zero-order valence-corrected chi connectivity index (χ0v) is 8.01. The molecule has 0 aliphatic carbocycles. The highest BCUT2D eigenvalue weighted by molar-refractivity contribution is 5.61. The molecule has 3 N–H and O–H groups in total. The summed E-state index contributed by atoms with van der Waals surface area (Å²) in [5, 5.41) is 3.15. The molecule has 0 aliphatic rings. The lowest BCUT2D eigenvalue weighted by atomic mass is 10.1. The van der Waals surface area contributed by atoms with Crippen molar-refractivity contribution in [2.75, 3.05) is 13.1 Å². The van der Waals surface area contributed by atoms with Crippen molar-refractivity contribution in [3.63, 3.8) is 0 Å². The number of rotatable bonds is 4.